The molecule has 2 aromatic rings. The molecule has 2 aromatic carbocycles. The summed E-state index contributed by atoms with van der Waals surface area (Å²) in [6.45, 7) is 2.15. The summed E-state index contributed by atoms with van der Waals surface area (Å²) in [4.78, 5) is 26.2. The van der Waals surface area contributed by atoms with Gasteiger partial charge in [-0.1, -0.05) is 24.3 Å². The molecule has 0 saturated heterocycles. The molecule has 0 aromatic heterocycles. The van der Waals surface area contributed by atoms with E-state index in [0.29, 0.717) is 0 Å². The van der Waals surface area contributed by atoms with Crippen molar-refractivity contribution in [1.29, 1.82) is 0 Å². The van der Waals surface area contributed by atoms with Gasteiger partial charge in [-0.15, -0.1) is 0 Å². The van der Waals surface area contributed by atoms with Gasteiger partial charge < -0.3 is 15.5 Å². The zero-order chi connectivity index (χ0) is 17.8. The first-order valence-corrected chi connectivity index (χ1v) is 8.51. The molecule has 1 aliphatic rings. The van der Waals surface area contributed by atoms with Crippen LogP contribution < -0.4 is 15.5 Å². The zero-order valence-corrected chi connectivity index (χ0v) is 14.6. The van der Waals surface area contributed by atoms with E-state index in [9.17, 15) is 9.59 Å². The van der Waals surface area contributed by atoms with E-state index >= 15 is 0 Å². The number of benzene rings is 2. The molecule has 1 fully saturated rings. The van der Waals surface area contributed by atoms with Gasteiger partial charge in [0.05, 0.1) is 6.54 Å². The van der Waals surface area contributed by atoms with E-state index in [1.807, 2.05) is 67.4 Å². The Kier molecular flexibility index (Phi) is 5.03. The van der Waals surface area contributed by atoms with Crippen LogP contribution in [0.4, 0.5) is 17.1 Å². The molecule has 3 rings (SSSR count). The highest BCUT2D eigenvalue weighted by Gasteiger charge is 2.29. The Morgan fingerprint density at radius 2 is 1.64 bits per heavy atom. The highest BCUT2D eigenvalue weighted by atomic mass is 16.2. The molecule has 5 heteroatoms. The van der Waals surface area contributed by atoms with Crippen molar-refractivity contribution in [2.24, 2.45) is 5.92 Å². The summed E-state index contributed by atoms with van der Waals surface area (Å²) in [5.41, 5.74) is 3.33. The number of likely N-dealkylation sites (N-methyl/N-ethyl adjacent to an activating group) is 1. The highest BCUT2D eigenvalue weighted by Crippen LogP contribution is 2.31. The van der Waals surface area contributed by atoms with E-state index in [1.165, 1.54) is 0 Å². The van der Waals surface area contributed by atoms with E-state index in [1.54, 1.807) is 0 Å². The molecule has 0 atom stereocenters. The predicted molar refractivity (Wildman–Crippen MR) is 101 cm³/mol. The van der Waals surface area contributed by atoms with Crippen LogP contribution in [0.3, 0.4) is 0 Å². The third-order valence-electron chi connectivity index (χ3n) is 4.39. The number of hydrogen-bond acceptors (Lipinski definition) is 3. The first-order valence-electron chi connectivity index (χ1n) is 8.51. The topological polar surface area (TPSA) is 61.4 Å². The van der Waals surface area contributed by atoms with Gasteiger partial charge in [-0.05, 0) is 49.6 Å². The van der Waals surface area contributed by atoms with Crippen LogP contribution in [0, 0.1) is 12.8 Å². The van der Waals surface area contributed by atoms with Crippen LogP contribution in [0.2, 0.25) is 0 Å². The lowest BCUT2D eigenvalue weighted by Gasteiger charge is -2.19. The van der Waals surface area contributed by atoms with Gasteiger partial charge in [-0.3, -0.25) is 9.59 Å². The number of nitrogens with one attached hydrogen (secondary N) is 2. The molecule has 0 spiro atoms. The molecule has 5 nitrogen and oxygen atoms in total. The van der Waals surface area contributed by atoms with Gasteiger partial charge in [0.15, 0.2) is 0 Å². The van der Waals surface area contributed by atoms with Gasteiger partial charge in [0.1, 0.15) is 0 Å². The fourth-order valence-electron chi connectivity index (χ4n) is 2.67. The van der Waals surface area contributed by atoms with Crippen LogP contribution in [0.25, 0.3) is 0 Å². The molecule has 0 aliphatic heterocycles. The second kappa shape index (κ2) is 7.38. The Morgan fingerprint density at radius 3 is 2.28 bits per heavy atom. The Bertz CT molecular complexity index is 770. The van der Waals surface area contributed by atoms with E-state index in [-0.39, 0.29) is 24.3 Å². The minimum absolute atomic E-state index is 0.0652. The zero-order valence-electron chi connectivity index (χ0n) is 14.6. The number of carbonyl (C=O) groups is 2. The number of para-hydroxylation sites is 1. The van der Waals surface area contributed by atoms with Crippen molar-refractivity contribution in [3.05, 3.63) is 54.1 Å². The van der Waals surface area contributed by atoms with Crippen LogP contribution in [0.5, 0.6) is 0 Å². The largest absolute Gasteiger partial charge is 0.365 e. The van der Waals surface area contributed by atoms with Gasteiger partial charge in [0.2, 0.25) is 11.8 Å². The number of anilines is 3. The van der Waals surface area contributed by atoms with Crippen LogP contribution in [0.15, 0.2) is 48.5 Å². The van der Waals surface area contributed by atoms with E-state index in [0.717, 1.165) is 35.5 Å². The van der Waals surface area contributed by atoms with Crippen LogP contribution in [-0.4, -0.2) is 25.4 Å². The molecule has 1 saturated carbocycles. The molecule has 0 heterocycles. The third-order valence-corrected chi connectivity index (χ3v) is 4.39. The molecule has 2 amide bonds. The fourth-order valence-corrected chi connectivity index (χ4v) is 2.67. The Balaban J connectivity index is 1.63. The van der Waals surface area contributed by atoms with E-state index in [2.05, 4.69) is 10.6 Å². The quantitative estimate of drug-likeness (QED) is 0.849. The van der Waals surface area contributed by atoms with Crippen molar-refractivity contribution < 1.29 is 9.59 Å². The normalized spacial score (nSPS) is 13.2. The maximum absolute atomic E-state index is 12.4. The Labute approximate surface area is 148 Å². The molecule has 25 heavy (non-hydrogen) atoms. The first kappa shape index (κ1) is 17.0. The first-order chi connectivity index (χ1) is 12.0. The molecule has 130 valence electrons. The van der Waals surface area contributed by atoms with Gasteiger partial charge in [-0.25, -0.2) is 0 Å². The number of carbonyl (C=O) groups excluding carboxylic acids is 2. The second-order valence-corrected chi connectivity index (χ2v) is 6.48. The number of rotatable bonds is 6. The van der Waals surface area contributed by atoms with Crippen molar-refractivity contribution in [2.45, 2.75) is 19.8 Å². The summed E-state index contributed by atoms with van der Waals surface area (Å²) in [6.07, 6.45) is 1.93. The van der Waals surface area contributed by atoms with Crippen molar-refractivity contribution in [3.8, 4) is 0 Å². The standard InChI is InChI=1S/C20H23N3O2/c1-14-17(9-6-10-18(14)22-20(25)15-11-12-15)21-19(24)13-23(2)16-7-4-3-5-8-16/h3-10,15H,11-13H2,1-2H3,(H,21,24)(H,22,25). The summed E-state index contributed by atoms with van der Waals surface area (Å²) in [7, 11) is 1.88. The summed E-state index contributed by atoms with van der Waals surface area (Å²) in [6, 6.07) is 15.3. The lowest BCUT2D eigenvalue weighted by Crippen LogP contribution is -2.30. The van der Waals surface area contributed by atoms with Gasteiger partial charge >= 0.3 is 0 Å². The summed E-state index contributed by atoms with van der Waals surface area (Å²) in [5.74, 6) is 0.118. The SMILES string of the molecule is Cc1c(NC(=O)CN(C)c2ccccc2)cccc1NC(=O)C1CC1. The van der Waals surface area contributed by atoms with E-state index in [4.69, 9.17) is 0 Å². The third kappa shape index (κ3) is 4.38. The minimum Gasteiger partial charge on any atom is -0.365 e. The van der Waals surface area contributed by atoms with Crippen molar-refractivity contribution in [1.82, 2.24) is 0 Å². The Morgan fingerprint density at radius 1 is 1.00 bits per heavy atom. The maximum atomic E-state index is 12.4. The van der Waals surface area contributed by atoms with Gasteiger partial charge in [-0.2, -0.15) is 0 Å². The van der Waals surface area contributed by atoms with E-state index < -0.39 is 0 Å². The average molecular weight is 337 g/mol. The van der Waals surface area contributed by atoms with Crippen molar-refractivity contribution >= 4 is 28.9 Å². The predicted octanol–water partition coefficient (Wildman–Crippen LogP) is 3.42. The van der Waals surface area contributed by atoms with Crippen molar-refractivity contribution in [2.75, 3.05) is 29.1 Å². The molecule has 1 aliphatic carbocycles. The van der Waals surface area contributed by atoms with Gasteiger partial charge in [0, 0.05) is 30.0 Å². The molecular formula is C20H23N3O2. The number of hydrogen-bond donors (Lipinski definition) is 2. The van der Waals surface area contributed by atoms with Crippen LogP contribution >= 0.6 is 0 Å². The van der Waals surface area contributed by atoms with Crippen molar-refractivity contribution in [3.63, 3.8) is 0 Å². The second-order valence-electron chi connectivity index (χ2n) is 6.48. The highest BCUT2D eigenvalue weighted by molar-refractivity contribution is 5.98. The molecule has 0 bridgehead atoms. The average Bonchev–Trinajstić information content (AvgIpc) is 3.44. The minimum atomic E-state index is -0.0971. The summed E-state index contributed by atoms with van der Waals surface area (Å²) >= 11 is 0. The summed E-state index contributed by atoms with van der Waals surface area (Å²) in [5, 5.41) is 5.89. The van der Waals surface area contributed by atoms with Crippen LogP contribution in [0.1, 0.15) is 18.4 Å². The number of amides is 2. The van der Waals surface area contributed by atoms with Crippen LogP contribution in [-0.2, 0) is 9.59 Å². The number of nitrogens with zero attached hydrogens (tertiary/aromatic N) is 1. The maximum Gasteiger partial charge on any atom is 0.243 e. The molecular weight excluding hydrogens is 314 g/mol. The van der Waals surface area contributed by atoms with Gasteiger partial charge in [0.25, 0.3) is 0 Å². The lowest BCUT2D eigenvalue weighted by atomic mass is 10.1. The molecule has 0 radical (unpaired) electrons. The Hall–Kier alpha value is -2.82. The summed E-state index contributed by atoms with van der Waals surface area (Å²) < 4.78 is 0. The smallest absolute Gasteiger partial charge is 0.243 e. The lowest BCUT2D eigenvalue weighted by molar-refractivity contribution is -0.117. The molecule has 0 unspecified atom stereocenters. The monoisotopic (exact) mass is 337 g/mol. The fraction of sp³-hybridized carbons (Fsp3) is 0.300. The molecule has 2 N–H and O–H groups in total.